The Hall–Kier alpha value is -3.89. The number of carbonyl (C=O) groups excluding carboxylic acids is 1. The standard InChI is InChI=1S/C21H19F3N6O2/c1-11(2)29-10-9-14(27-29)26-19(31)15-12(3)25-18-16(13-7-5-4-6-8-13)17(21(22,23)24)28-30(18)20(15)32/h4-11,25H,1-3H3,(H,26,27,31). The van der Waals surface area contributed by atoms with E-state index in [2.05, 4.69) is 20.5 Å². The third-order valence-corrected chi connectivity index (χ3v) is 4.91. The van der Waals surface area contributed by atoms with Crippen molar-refractivity contribution in [2.75, 3.05) is 5.32 Å². The van der Waals surface area contributed by atoms with E-state index in [-0.39, 0.29) is 39.9 Å². The summed E-state index contributed by atoms with van der Waals surface area (Å²) >= 11 is 0. The number of anilines is 1. The van der Waals surface area contributed by atoms with Crippen LogP contribution in [0.15, 0.2) is 47.4 Å². The van der Waals surface area contributed by atoms with Crippen LogP contribution in [-0.4, -0.2) is 30.3 Å². The smallest absolute Gasteiger partial charge is 0.342 e. The molecule has 0 spiro atoms. The average Bonchev–Trinajstić information content (AvgIpc) is 3.33. The number of halogens is 3. The first-order valence-electron chi connectivity index (χ1n) is 9.72. The van der Waals surface area contributed by atoms with Crippen LogP contribution in [0.2, 0.25) is 0 Å². The van der Waals surface area contributed by atoms with E-state index in [0.29, 0.717) is 4.52 Å². The molecule has 0 saturated heterocycles. The minimum absolute atomic E-state index is 0.0587. The molecule has 0 aliphatic carbocycles. The van der Waals surface area contributed by atoms with Gasteiger partial charge < -0.3 is 10.3 Å². The fraction of sp³-hybridized carbons (Fsp3) is 0.238. The number of alkyl halides is 3. The quantitative estimate of drug-likeness (QED) is 0.496. The number of hydrogen-bond donors (Lipinski definition) is 2. The van der Waals surface area contributed by atoms with Crippen LogP contribution in [-0.2, 0) is 6.18 Å². The largest absolute Gasteiger partial charge is 0.435 e. The molecule has 3 aromatic heterocycles. The number of fused-ring (bicyclic) bond motifs is 1. The van der Waals surface area contributed by atoms with Crippen LogP contribution in [0.1, 0.15) is 41.6 Å². The fourth-order valence-electron chi connectivity index (χ4n) is 3.40. The number of nitrogens with zero attached hydrogens (tertiary/aromatic N) is 4. The fourth-order valence-corrected chi connectivity index (χ4v) is 3.40. The molecule has 1 aromatic carbocycles. The summed E-state index contributed by atoms with van der Waals surface area (Å²) in [5.74, 6) is -0.589. The Morgan fingerprint density at radius 1 is 1.12 bits per heavy atom. The summed E-state index contributed by atoms with van der Waals surface area (Å²) in [6.45, 7) is 5.25. The molecule has 4 rings (SSSR count). The normalized spacial score (nSPS) is 12.0. The number of benzene rings is 1. The number of aromatic nitrogens is 5. The Labute approximate surface area is 179 Å². The van der Waals surface area contributed by atoms with Crippen molar-refractivity contribution >= 4 is 17.4 Å². The number of nitrogens with one attached hydrogen (secondary N) is 2. The summed E-state index contributed by atoms with van der Waals surface area (Å²) in [7, 11) is 0. The van der Waals surface area contributed by atoms with Gasteiger partial charge in [-0.05, 0) is 26.3 Å². The third-order valence-electron chi connectivity index (χ3n) is 4.91. The first-order chi connectivity index (χ1) is 15.1. The van der Waals surface area contributed by atoms with E-state index in [1.807, 2.05) is 13.8 Å². The van der Waals surface area contributed by atoms with Crippen molar-refractivity contribution in [1.29, 1.82) is 0 Å². The lowest BCUT2D eigenvalue weighted by Crippen LogP contribution is -2.29. The van der Waals surface area contributed by atoms with E-state index in [9.17, 15) is 22.8 Å². The highest BCUT2D eigenvalue weighted by Gasteiger charge is 2.39. The molecule has 11 heteroatoms. The second-order valence-electron chi connectivity index (χ2n) is 7.51. The number of aryl methyl sites for hydroxylation is 1. The second-order valence-corrected chi connectivity index (χ2v) is 7.51. The molecule has 2 N–H and O–H groups in total. The third kappa shape index (κ3) is 3.66. The van der Waals surface area contributed by atoms with E-state index >= 15 is 0 Å². The van der Waals surface area contributed by atoms with Crippen molar-refractivity contribution in [2.45, 2.75) is 33.0 Å². The van der Waals surface area contributed by atoms with Gasteiger partial charge in [0, 0.05) is 24.0 Å². The molecule has 166 valence electrons. The monoisotopic (exact) mass is 444 g/mol. The first-order valence-corrected chi connectivity index (χ1v) is 9.72. The maximum absolute atomic E-state index is 13.7. The van der Waals surface area contributed by atoms with Crippen molar-refractivity contribution < 1.29 is 18.0 Å². The zero-order chi connectivity index (χ0) is 23.2. The molecule has 0 saturated carbocycles. The Kier molecular flexibility index (Phi) is 5.11. The van der Waals surface area contributed by atoms with Crippen molar-refractivity contribution in [1.82, 2.24) is 24.4 Å². The SMILES string of the molecule is Cc1[nH]c2c(-c3ccccc3)c(C(F)(F)F)nn2c(=O)c1C(=O)Nc1ccn(C(C)C)n1. The molecule has 0 aliphatic rings. The molecule has 4 aromatic rings. The van der Waals surface area contributed by atoms with Crippen molar-refractivity contribution in [3.8, 4) is 11.1 Å². The first kappa shape index (κ1) is 21.3. The van der Waals surface area contributed by atoms with Gasteiger partial charge in [-0.1, -0.05) is 30.3 Å². The maximum atomic E-state index is 13.7. The van der Waals surface area contributed by atoms with Crippen LogP contribution in [0.25, 0.3) is 16.8 Å². The van der Waals surface area contributed by atoms with Gasteiger partial charge in [-0.15, -0.1) is 0 Å². The molecule has 0 radical (unpaired) electrons. The van der Waals surface area contributed by atoms with E-state index < -0.39 is 23.3 Å². The van der Waals surface area contributed by atoms with E-state index in [1.165, 1.54) is 19.1 Å². The summed E-state index contributed by atoms with van der Waals surface area (Å²) in [6.07, 6.45) is -3.15. The molecule has 3 heterocycles. The summed E-state index contributed by atoms with van der Waals surface area (Å²) in [4.78, 5) is 28.6. The van der Waals surface area contributed by atoms with Gasteiger partial charge in [-0.3, -0.25) is 14.3 Å². The van der Waals surface area contributed by atoms with E-state index in [4.69, 9.17) is 0 Å². The Morgan fingerprint density at radius 2 is 1.81 bits per heavy atom. The highest BCUT2D eigenvalue weighted by Crippen LogP contribution is 2.38. The van der Waals surface area contributed by atoms with Gasteiger partial charge in [-0.2, -0.15) is 27.9 Å². The highest BCUT2D eigenvalue weighted by atomic mass is 19.4. The molecule has 0 aliphatic heterocycles. The van der Waals surface area contributed by atoms with E-state index in [0.717, 1.165) is 0 Å². The number of amides is 1. The van der Waals surface area contributed by atoms with Gasteiger partial charge in [0.15, 0.2) is 11.5 Å². The minimum Gasteiger partial charge on any atom is -0.342 e. The van der Waals surface area contributed by atoms with Crippen molar-refractivity contribution in [2.24, 2.45) is 0 Å². The Bertz CT molecular complexity index is 1370. The van der Waals surface area contributed by atoms with Crippen LogP contribution in [0.5, 0.6) is 0 Å². The van der Waals surface area contributed by atoms with Crippen molar-refractivity contribution in [3.63, 3.8) is 0 Å². The summed E-state index contributed by atoms with van der Waals surface area (Å²) in [6, 6.07) is 9.44. The van der Waals surface area contributed by atoms with Crippen molar-refractivity contribution in [3.05, 3.63) is 69.9 Å². The number of aromatic amines is 1. The lowest BCUT2D eigenvalue weighted by Gasteiger charge is -2.08. The average molecular weight is 444 g/mol. The topological polar surface area (TPSA) is 97.1 Å². The predicted octanol–water partition coefficient (Wildman–Crippen LogP) is 4.05. The molecule has 0 unspecified atom stereocenters. The zero-order valence-corrected chi connectivity index (χ0v) is 17.4. The van der Waals surface area contributed by atoms with Gasteiger partial charge in [0.2, 0.25) is 0 Å². The van der Waals surface area contributed by atoms with Crippen LogP contribution >= 0.6 is 0 Å². The Balaban J connectivity index is 1.86. The van der Waals surface area contributed by atoms with Gasteiger partial charge in [0.05, 0.1) is 5.56 Å². The molecule has 0 bridgehead atoms. The van der Waals surface area contributed by atoms with E-state index in [1.54, 1.807) is 35.1 Å². The second kappa shape index (κ2) is 7.66. The highest BCUT2D eigenvalue weighted by molar-refractivity contribution is 6.04. The maximum Gasteiger partial charge on any atom is 0.435 e. The molecule has 0 fully saturated rings. The number of hydrogen-bond acceptors (Lipinski definition) is 4. The number of carbonyl (C=O) groups is 1. The summed E-state index contributed by atoms with van der Waals surface area (Å²) in [5.41, 5.74) is -2.61. The molecular formula is C21H19F3N6O2. The number of H-pyrrole nitrogens is 1. The molecular weight excluding hydrogens is 425 g/mol. The van der Waals surface area contributed by atoms with Gasteiger partial charge in [-0.25, -0.2) is 0 Å². The van der Waals surface area contributed by atoms with Gasteiger partial charge >= 0.3 is 6.18 Å². The molecule has 0 atom stereocenters. The summed E-state index contributed by atoms with van der Waals surface area (Å²) < 4.78 is 43.4. The van der Waals surface area contributed by atoms with Crippen LogP contribution in [0.3, 0.4) is 0 Å². The van der Waals surface area contributed by atoms with Crippen LogP contribution in [0, 0.1) is 6.92 Å². The summed E-state index contributed by atoms with van der Waals surface area (Å²) in [5, 5.41) is 10.2. The molecule has 8 nitrogen and oxygen atoms in total. The molecule has 1 amide bonds. The predicted molar refractivity (Wildman–Crippen MR) is 112 cm³/mol. The van der Waals surface area contributed by atoms with Crippen LogP contribution in [0.4, 0.5) is 19.0 Å². The zero-order valence-electron chi connectivity index (χ0n) is 17.4. The van der Waals surface area contributed by atoms with Gasteiger partial charge in [0.1, 0.15) is 11.2 Å². The minimum atomic E-state index is -4.81. The van der Waals surface area contributed by atoms with Crippen LogP contribution < -0.4 is 10.9 Å². The Morgan fingerprint density at radius 3 is 2.41 bits per heavy atom. The number of rotatable bonds is 4. The van der Waals surface area contributed by atoms with Gasteiger partial charge in [0.25, 0.3) is 11.5 Å². The lowest BCUT2D eigenvalue weighted by molar-refractivity contribution is -0.140. The lowest BCUT2D eigenvalue weighted by atomic mass is 10.1. The molecule has 32 heavy (non-hydrogen) atoms.